The van der Waals surface area contributed by atoms with E-state index in [4.69, 9.17) is 22.4 Å². The van der Waals surface area contributed by atoms with Crippen molar-refractivity contribution in [2.24, 2.45) is 0 Å². The van der Waals surface area contributed by atoms with Gasteiger partial charge in [0.2, 0.25) is 0 Å². The van der Waals surface area contributed by atoms with Gasteiger partial charge in [0.25, 0.3) is 0 Å². The summed E-state index contributed by atoms with van der Waals surface area (Å²) in [5.74, 6) is 0.862. The SMILES string of the molecule is CC(O)CCSc1ccc(N)cc1Cl. The predicted molar refractivity (Wildman–Crippen MR) is 62.9 cm³/mol. The van der Waals surface area contributed by atoms with Gasteiger partial charge in [-0.1, -0.05) is 11.6 Å². The number of benzene rings is 1. The second-order valence-corrected chi connectivity index (χ2v) is 4.72. The largest absolute Gasteiger partial charge is 0.399 e. The number of halogens is 1. The molecule has 0 aromatic heterocycles. The van der Waals surface area contributed by atoms with Crippen molar-refractivity contribution in [1.82, 2.24) is 0 Å². The highest BCUT2D eigenvalue weighted by Crippen LogP contribution is 2.29. The molecule has 3 N–H and O–H groups in total. The molecule has 1 aromatic carbocycles. The lowest BCUT2D eigenvalue weighted by molar-refractivity contribution is 0.192. The summed E-state index contributed by atoms with van der Waals surface area (Å²) in [5, 5.41) is 9.76. The fourth-order valence-corrected chi connectivity index (χ4v) is 2.37. The zero-order valence-corrected chi connectivity index (χ0v) is 9.61. The van der Waals surface area contributed by atoms with E-state index in [0.29, 0.717) is 10.7 Å². The van der Waals surface area contributed by atoms with Gasteiger partial charge in [-0.05, 0) is 31.5 Å². The van der Waals surface area contributed by atoms with Crippen LogP contribution < -0.4 is 5.73 Å². The van der Waals surface area contributed by atoms with Crippen LogP contribution in [0, 0.1) is 0 Å². The molecule has 0 amide bonds. The molecule has 0 aliphatic rings. The van der Waals surface area contributed by atoms with Crippen LogP contribution in [0.15, 0.2) is 23.1 Å². The van der Waals surface area contributed by atoms with E-state index in [2.05, 4.69) is 0 Å². The molecule has 78 valence electrons. The number of hydrogen-bond donors (Lipinski definition) is 2. The highest BCUT2D eigenvalue weighted by molar-refractivity contribution is 7.99. The number of hydrogen-bond acceptors (Lipinski definition) is 3. The third kappa shape index (κ3) is 3.78. The highest BCUT2D eigenvalue weighted by atomic mass is 35.5. The maximum absolute atomic E-state index is 9.08. The number of nitrogen functional groups attached to an aromatic ring is 1. The van der Waals surface area contributed by atoms with Gasteiger partial charge in [0.1, 0.15) is 0 Å². The van der Waals surface area contributed by atoms with E-state index >= 15 is 0 Å². The summed E-state index contributed by atoms with van der Waals surface area (Å²) in [6.07, 6.45) is 0.515. The molecule has 0 aliphatic heterocycles. The fraction of sp³-hybridized carbons (Fsp3) is 0.400. The Morgan fingerprint density at radius 3 is 2.86 bits per heavy atom. The summed E-state index contributed by atoms with van der Waals surface area (Å²) in [7, 11) is 0. The molecule has 2 nitrogen and oxygen atoms in total. The van der Waals surface area contributed by atoms with E-state index in [1.54, 1.807) is 24.8 Å². The van der Waals surface area contributed by atoms with Crippen LogP contribution >= 0.6 is 23.4 Å². The summed E-state index contributed by atoms with van der Waals surface area (Å²) in [4.78, 5) is 1.02. The first kappa shape index (κ1) is 11.7. The van der Waals surface area contributed by atoms with Crippen molar-refractivity contribution in [3.05, 3.63) is 23.2 Å². The van der Waals surface area contributed by atoms with E-state index in [1.165, 1.54) is 0 Å². The summed E-state index contributed by atoms with van der Waals surface area (Å²) in [6, 6.07) is 5.48. The van der Waals surface area contributed by atoms with Crippen molar-refractivity contribution < 1.29 is 5.11 Å². The Morgan fingerprint density at radius 2 is 2.29 bits per heavy atom. The van der Waals surface area contributed by atoms with Crippen LogP contribution in [0.2, 0.25) is 5.02 Å². The number of aliphatic hydroxyl groups excluding tert-OH is 1. The zero-order valence-electron chi connectivity index (χ0n) is 8.03. The molecule has 1 unspecified atom stereocenters. The van der Waals surface area contributed by atoms with Gasteiger partial charge < -0.3 is 10.8 Å². The number of rotatable bonds is 4. The van der Waals surface area contributed by atoms with Gasteiger partial charge in [-0.3, -0.25) is 0 Å². The van der Waals surface area contributed by atoms with Crippen LogP contribution in [0.3, 0.4) is 0 Å². The number of anilines is 1. The second-order valence-electron chi connectivity index (χ2n) is 3.18. The highest BCUT2D eigenvalue weighted by Gasteiger charge is 2.02. The lowest BCUT2D eigenvalue weighted by Crippen LogP contribution is -2.00. The second kappa shape index (κ2) is 5.49. The fourth-order valence-electron chi connectivity index (χ4n) is 0.974. The molecule has 0 bridgehead atoms. The quantitative estimate of drug-likeness (QED) is 0.619. The maximum atomic E-state index is 9.08. The van der Waals surface area contributed by atoms with Gasteiger partial charge in [0.05, 0.1) is 11.1 Å². The first-order valence-electron chi connectivity index (χ1n) is 4.45. The van der Waals surface area contributed by atoms with Crippen molar-refractivity contribution in [3.8, 4) is 0 Å². The minimum atomic E-state index is -0.255. The first-order chi connectivity index (χ1) is 6.59. The first-order valence-corrected chi connectivity index (χ1v) is 5.82. The van der Waals surface area contributed by atoms with E-state index < -0.39 is 0 Å². The summed E-state index contributed by atoms with van der Waals surface area (Å²) in [6.45, 7) is 1.78. The Morgan fingerprint density at radius 1 is 1.57 bits per heavy atom. The average molecular weight is 232 g/mol. The van der Waals surface area contributed by atoms with Gasteiger partial charge in [-0.2, -0.15) is 0 Å². The topological polar surface area (TPSA) is 46.2 Å². The molecular weight excluding hydrogens is 218 g/mol. The Balaban J connectivity index is 2.51. The molecular formula is C10H14ClNOS. The van der Waals surface area contributed by atoms with Crippen LogP contribution in [0.4, 0.5) is 5.69 Å². The minimum Gasteiger partial charge on any atom is -0.399 e. The molecule has 0 heterocycles. The maximum Gasteiger partial charge on any atom is 0.0562 e. The molecule has 1 aromatic rings. The smallest absolute Gasteiger partial charge is 0.0562 e. The summed E-state index contributed by atoms with van der Waals surface area (Å²) < 4.78 is 0. The van der Waals surface area contributed by atoms with Crippen molar-refractivity contribution in [2.75, 3.05) is 11.5 Å². The van der Waals surface area contributed by atoms with Crippen molar-refractivity contribution >= 4 is 29.1 Å². The Bertz CT molecular complexity index is 304. The van der Waals surface area contributed by atoms with Gasteiger partial charge in [0.15, 0.2) is 0 Å². The Kier molecular flexibility index (Phi) is 4.58. The van der Waals surface area contributed by atoms with Crippen molar-refractivity contribution in [3.63, 3.8) is 0 Å². The van der Waals surface area contributed by atoms with Crippen molar-refractivity contribution in [2.45, 2.75) is 24.3 Å². The lowest BCUT2D eigenvalue weighted by Gasteiger charge is -2.06. The normalized spacial score (nSPS) is 12.8. The van der Waals surface area contributed by atoms with E-state index in [0.717, 1.165) is 17.1 Å². The molecule has 1 rings (SSSR count). The molecule has 0 radical (unpaired) electrons. The van der Waals surface area contributed by atoms with Crippen LogP contribution in [-0.2, 0) is 0 Å². The molecule has 1 atom stereocenters. The van der Waals surface area contributed by atoms with Crippen LogP contribution in [0.5, 0.6) is 0 Å². The predicted octanol–water partition coefficient (Wildman–Crippen LogP) is 2.79. The average Bonchev–Trinajstić information content (AvgIpc) is 2.08. The van der Waals surface area contributed by atoms with Crippen LogP contribution in [0.1, 0.15) is 13.3 Å². The summed E-state index contributed by atoms with van der Waals surface area (Å²) >= 11 is 7.62. The van der Waals surface area contributed by atoms with E-state index in [9.17, 15) is 0 Å². The lowest BCUT2D eigenvalue weighted by atomic mass is 10.3. The van der Waals surface area contributed by atoms with Gasteiger partial charge >= 0.3 is 0 Å². The van der Waals surface area contributed by atoms with Gasteiger partial charge in [0, 0.05) is 16.3 Å². The molecule has 0 fully saturated rings. The monoisotopic (exact) mass is 231 g/mol. The molecule has 0 spiro atoms. The molecule has 0 aliphatic carbocycles. The minimum absolute atomic E-state index is 0.255. The van der Waals surface area contributed by atoms with Crippen LogP contribution in [0.25, 0.3) is 0 Å². The van der Waals surface area contributed by atoms with Crippen molar-refractivity contribution in [1.29, 1.82) is 0 Å². The Labute approximate surface area is 93.5 Å². The number of aliphatic hydroxyl groups is 1. The van der Waals surface area contributed by atoms with Gasteiger partial charge in [-0.15, -0.1) is 11.8 Å². The summed E-state index contributed by atoms with van der Waals surface area (Å²) in [5.41, 5.74) is 6.25. The molecule has 0 saturated carbocycles. The number of nitrogens with two attached hydrogens (primary N) is 1. The van der Waals surface area contributed by atoms with E-state index in [1.807, 2.05) is 12.1 Å². The zero-order chi connectivity index (χ0) is 10.6. The number of thioether (sulfide) groups is 1. The standard InChI is InChI=1S/C10H14ClNOS/c1-7(13)4-5-14-10-3-2-8(12)6-9(10)11/h2-3,6-7,13H,4-5,12H2,1H3. The van der Waals surface area contributed by atoms with Crippen LogP contribution in [-0.4, -0.2) is 17.0 Å². The molecule has 4 heteroatoms. The van der Waals surface area contributed by atoms with E-state index in [-0.39, 0.29) is 6.10 Å². The molecule has 0 saturated heterocycles. The molecule has 14 heavy (non-hydrogen) atoms. The third-order valence-electron chi connectivity index (χ3n) is 1.75. The Hall–Kier alpha value is -0.380. The third-order valence-corrected chi connectivity index (χ3v) is 3.28. The van der Waals surface area contributed by atoms with Gasteiger partial charge in [-0.25, -0.2) is 0 Å².